The molecule has 0 aliphatic rings. The highest BCUT2D eigenvalue weighted by Gasteiger charge is 2.04. The predicted molar refractivity (Wildman–Crippen MR) is 51.9 cm³/mol. The smallest absolute Gasteiger partial charge is 0.359 e. The lowest BCUT2D eigenvalue weighted by atomic mass is 10.2. The summed E-state index contributed by atoms with van der Waals surface area (Å²) in [6.45, 7) is 0. The Hall–Kier alpha value is -1.48. The summed E-state index contributed by atoms with van der Waals surface area (Å²) in [6.07, 6.45) is 0. The van der Waals surface area contributed by atoms with Crippen LogP contribution in [0.25, 0.3) is 11.0 Å². The molecule has 1 aromatic carbocycles. The molecule has 0 spiro atoms. The summed E-state index contributed by atoms with van der Waals surface area (Å²) in [5, 5.41) is 1.14. The summed E-state index contributed by atoms with van der Waals surface area (Å²) in [6, 6.07) is 6.75. The number of rotatable bonds is 0. The van der Waals surface area contributed by atoms with E-state index in [4.69, 9.17) is 21.8 Å². The van der Waals surface area contributed by atoms with Crippen LogP contribution in [-0.4, -0.2) is 0 Å². The average molecular weight is 196 g/mol. The zero-order chi connectivity index (χ0) is 9.42. The zero-order valence-electron chi connectivity index (χ0n) is 6.58. The van der Waals surface area contributed by atoms with Crippen molar-refractivity contribution in [3.63, 3.8) is 0 Å². The fraction of sp³-hybridized carbons (Fsp3) is 0. The molecule has 1 heterocycles. The van der Waals surface area contributed by atoms with Crippen LogP contribution in [0.15, 0.2) is 33.5 Å². The number of nitrogens with two attached hydrogens (primary N) is 1. The first-order valence-corrected chi connectivity index (χ1v) is 4.04. The lowest BCUT2D eigenvalue weighted by Crippen LogP contribution is -2.05. The minimum Gasteiger partial charge on any atom is -0.420 e. The van der Waals surface area contributed by atoms with Crippen molar-refractivity contribution in [1.82, 2.24) is 0 Å². The van der Waals surface area contributed by atoms with Crippen LogP contribution in [0.4, 0.5) is 5.69 Å². The van der Waals surface area contributed by atoms with E-state index in [1.807, 2.05) is 0 Å². The van der Waals surface area contributed by atoms with Crippen LogP contribution >= 0.6 is 11.6 Å². The van der Waals surface area contributed by atoms with Gasteiger partial charge in [-0.2, -0.15) is 0 Å². The number of hydrogen-bond donors (Lipinski definition) is 1. The molecule has 1 aromatic heterocycles. The fourth-order valence-corrected chi connectivity index (χ4v) is 1.35. The summed E-state index contributed by atoms with van der Waals surface area (Å²) < 4.78 is 4.91. The molecule has 66 valence electrons. The summed E-state index contributed by atoms with van der Waals surface area (Å²) in [5.41, 5.74) is 5.30. The Balaban J connectivity index is 2.97. The van der Waals surface area contributed by atoms with Crippen molar-refractivity contribution in [2.45, 2.75) is 0 Å². The van der Waals surface area contributed by atoms with Crippen LogP contribution < -0.4 is 11.4 Å². The van der Waals surface area contributed by atoms with Gasteiger partial charge in [-0.15, -0.1) is 0 Å². The Morgan fingerprint density at radius 3 is 2.92 bits per heavy atom. The van der Waals surface area contributed by atoms with Gasteiger partial charge < -0.3 is 10.2 Å². The summed E-state index contributed by atoms with van der Waals surface area (Å²) in [5.74, 6) is 0. The van der Waals surface area contributed by atoms with E-state index in [9.17, 15) is 4.79 Å². The van der Waals surface area contributed by atoms with Gasteiger partial charge in [-0.3, -0.25) is 0 Å². The Labute approximate surface area is 78.7 Å². The van der Waals surface area contributed by atoms with E-state index in [-0.39, 0.29) is 5.69 Å². The molecule has 13 heavy (non-hydrogen) atoms. The summed E-state index contributed by atoms with van der Waals surface area (Å²) in [7, 11) is 0. The van der Waals surface area contributed by atoms with Crippen molar-refractivity contribution in [3.05, 3.63) is 39.7 Å². The van der Waals surface area contributed by atoms with Crippen LogP contribution in [0.1, 0.15) is 0 Å². The molecular weight excluding hydrogens is 190 g/mol. The average Bonchev–Trinajstić information content (AvgIpc) is 2.09. The first-order chi connectivity index (χ1) is 6.18. The highest BCUT2D eigenvalue weighted by atomic mass is 35.5. The second-order valence-corrected chi connectivity index (χ2v) is 3.05. The van der Waals surface area contributed by atoms with Crippen molar-refractivity contribution in [1.29, 1.82) is 0 Å². The van der Waals surface area contributed by atoms with Gasteiger partial charge in [0.25, 0.3) is 0 Å². The van der Waals surface area contributed by atoms with Gasteiger partial charge in [-0.05, 0) is 12.1 Å². The second-order valence-electron chi connectivity index (χ2n) is 2.65. The molecule has 0 unspecified atom stereocenters. The molecule has 0 saturated carbocycles. The highest BCUT2D eigenvalue weighted by molar-refractivity contribution is 6.34. The van der Waals surface area contributed by atoms with Gasteiger partial charge in [0, 0.05) is 5.39 Å². The van der Waals surface area contributed by atoms with Crippen LogP contribution in [0.3, 0.4) is 0 Å². The normalized spacial score (nSPS) is 10.5. The van der Waals surface area contributed by atoms with Crippen LogP contribution in [0.2, 0.25) is 5.02 Å². The van der Waals surface area contributed by atoms with Crippen LogP contribution in [-0.2, 0) is 0 Å². The number of anilines is 1. The maximum absolute atomic E-state index is 11.0. The lowest BCUT2D eigenvalue weighted by Gasteiger charge is -1.98. The van der Waals surface area contributed by atoms with E-state index < -0.39 is 5.63 Å². The Morgan fingerprint density at radius 1 is 1.38 bits per heavy atom. The van der Waals surface area contributed by atoms with Crippen molar-refractivity contribution >= 4 is 28.3 Å². The molecule has 2 aromatic rings. The number of benzene rings is 1. The predicted octanol–water partition coefficient (Wildman–Crippen LogP) is 2.03. The molecule has 0 amide bonds. The SMILES string of the molecule is Nc1cc2cccc(Cl)c2oc1=O. The molecular formula is C9H6ClNO2. The Kier molecular flexibility index (Phi) is 1.74. The first kappa shape index (κ1) is 8.13. The van der Waals surface area contributed by atoms with E-state index >= 15 is 0 Å². The topological polar surface area (TPSA) is 56.2 Å². The number of halogens is 1. The highest BCUT2D eigenvalue weighted by Crippen LogP contribution is 2.22. The Morgan fingerprint density at radius 2 is 2.15 bits per heavy atom. The van der Waals surface area contributed by atoms with Gasteiger partial charge in [0.05, 0.1) is 5.02 Å². The first-order valence-electron chi connectivity index (χ1n) is 3.66. The standard InChI is InChI=1S/C9H6ClNO2/c10-6-3-1-2-5-4-7(11)9(12)13-8(5)6/h1-4H,11H2. The van der Waals surface area contributed by atoms with Crippen molar-refractivity contribution in [2.75, 3.05) is 5.73 Å². The molecule has 4 heteroatoms. The number of hydrogen-bond acceptors (Lipinski definition) is 3. The minimum atomic E-state index is -0.555. The minimum absolute atomic E-state index is 0.0924. The maximum Gasteiger partial charge on any atom is 0.359 e. The second kappa shape index (κ2) is 2.78. The molecule has 0 radical (unpaired) electrons. The van der Waals surface area contributed by atoms with E-state index in [2.05, 4.69) is 0 Å². The van der Waals surface area contributed by atoms with Gasteiger partial charge in [0.15, 0.2) is 5.58 Å². The van der Waals surface area contributed by atoms with Crippen molar-refractivity contribution < 1.29 is 4.42 Å². The monoisotopic (exact) mass is 195 g/mol. The number of fused-ring (bicyclic) bond motifs is 1. The largest absolute Gasteiger partial charge is 0.420 e. The molecule has 0 saturated heterocycles. The third-order valence-corrected chi connectivity index (χ3v) is 2.04. The third kappa shape index (κ3) is 1.27. The fourth-order valence-electron chi connectivity index (χ4n) is 1.12. The van der Waals surface area contributed by atoms with Crippen LogP contribution in [0, 0.1) is 0 Å². The quantitative estimate of drug-likeness (QED) is 0.655. The molecule has 0 aliphatic carbocycles. The van der Waals surface area contributed by atoms with Crippen molar-refractivity contribution in [2.24, 2.45) is 0 Å². The van der Waals surface area contributed by atoms with E-state index in [0.717, 1.165) is 5.39 Å². The molecule has 0 atom stereocenters. The van der Waals surface area contributed by atoms with Gasteiger partial charge in [-0.25, -0.2) is 4.79 Å². The van der Waals surface area contributed by atoms with E-state index in [0.29, 0.717) is 10.6 Å². The molecule has 3 nitrogen and oxygen atoms in total. The lowest BCUT2D eigenvalue weighted by molar-refractivity contribution is 0.564. The summed E-state index contributed by atoms with van der Waals surface area (Å²) >= 11 is 5.81. The third-order valence-electron chi connectivity index (χ3n) is 1.74. The van der Waals surface area contributed by atoms with Gasteiger partial charge in [-0.1, -0.05) is 23.7 Å². The van der Waals surface area contributed by atoms with Gasteiger partial charge in [0.2, 0.25) is 0 Å². The molecule has 2 N–H and O–H groups in total. The Bertz CT molecular complexity index is 518. The van der Waals surface area contributed by atoms with Crippen molar-refractivity contribution in [3.8, 4) is 0 Å². The summed E-state index contributed by atoms with van der Waals surface area (Å²) in [4.78, 5) is 11.0. The number of nitrogen functional groups attached to an aromatic ring is 1. The molecule has 0 fully saturated rings. The van der Waals surface area contributed by atoms with E-state index in [1.54, 1.807) is 24.3 Å². The van der Waals surface area contributed by atoms with Crippen LogP contribution in [0.5, 0.6) is 0 Å². The molecule has 0 bridgehead atoms. The maximum atomic E-state index is 11.0. The number of para-hydroxylation sites is 1. The zero-order valence-corrected chi connectivity index (χ0v) is 7.34. The van der Waals surface area contributed by atoms with E-state index in [1.165, 1.54) is 0 Å². The van der Waals surface area contributed by atoms with Gasteiger partial charge >= 0.3 is 5.63 Å². The molecule has 2 rings (SSSR count). The molecule has 0 aliphatic heterocycles. The van der Waals surface area contributed by atoms with Gasteiger partial charge in [0.1, 0.15) is 5.69 Å².